The van der Waals surface area contributed by atoms with Gasteiger partial charge in [-0.1, -0.05) is 42.1 Å². The van der Waals surface area contributed by atoms with Crippen molar-refractivity contribution in [2.75, 3.05) is 5.75 Å². The SMILES string of the molecule is CC(=NNC(=O)CSc1nc2ccccc2c(=O)n1-c1ccccc1C)c1ccncc1. The minimum atomic E-state index is -0.290. The van der Waals surface area contributed by atoms with E-state index in [1.165, 1.54) is 11.8 Å². The molecule has 32 heavy (non-hydrogen) atoms. The lowest BCUT2D eigenvalue weighted by molar-refractivity contribution is -0.118. The van der Waals surface area contributed by atoms with Crippen molar-refractivity contribution in [3.8, 4) is 5.69 Å². The Balaban J connectivity index is 1.61. The molecule has 2 heterocycles. The van der Waals surface area contributed by atoms with E-state index in [0.29, 0.717) is 21.8 Å². The predicted molar refractivity (Wildman–Crippen MR) is 127 cm³/mol. The van der Waals surface area contributed by atoms with E-state index in [1.807, 2.05) is 62.4 Å². The highest BCUT2D eigenvalue weighted by molar-refractivity contribution is 7.99. The normalized spacial score (nSPS) is 11.5. The molecule has 0 saturated carbocycles. The van der Waals surface area contributed by atoms with Crippen LogP contribution in [0.4, 0.5) is 0 Å². The number of aryl methyl sites for hydroxylation is 1. The van der Waals surface area contributed by atoms with Crippen molar-refractivity contribution in [2.45, 2.75) is 19.0 Å². The van der Waals surface area contributed by atoms with Crippen molar-refractivity contribution < 1.29 is 4.79 Å². The second-order valence-electron chi connectivity index (χ2n) is 7.10. The van der Waals surface area contributed by atoms with Crippen LogP contribution in [-0.4, -0.2) is 31.9 Å². The number of amides is 1. The number of pyridine rings is 1. The molecule has 0 spiro atoms. The molecule has 8 heteroatoms. The molecule has 0 unspecified atom stereocenters. The fraction of sp³-hybridized carbons (Fsp3) is 0.125. The molecule has 0 aliphatic heterocycles. The number of hydrogen-bond donors (Lipinski definition) is 1. The molecule has 4 aromatic rings. The van der Waals surface area contributed by atoms with E-state index in [0.717, 1.165) is 16.8 Å². The lowest BCUT2D eigenvalue weighted by Crippen LogP contribution is -2.25. The van der Waals surface area contributed by atoms with Crippen LogP contribution in [0.3, 0.4) is 0 Å². The molecule has 1 N–H and O–H groups in total. The van der Waals surface area contributed by atoms with Crippen LogP contribution in [0.5, 0.6) is 0 Å². The Morgan fingerprint density at radius 1 is 1.06 bits per heavy atom. The molecule has 2 aromatic carbocycles. The molecule has 0 bridgehead atoms. The van der Waals surface area contributed by atoms with Gasteiger partial charge in [-0.2, -0.15) is 5.10 Å². The maximum Gasteiger partial charge on any atom is 0.266 e. The summed E-state index contributed by atoms with van der Waals surface area (Å²) in [5.41, 5.74) is 6.22. The van der Waals surface area contributed by atoms with Gasteiger partial charge < -0.3 is 0 Å². The van der Waals surface area contributed by atoms with Gasteiger partial charge in [-0.25, -0.2) is 10.4 Å². The van der Waals surface area contributed by atoms with Crippen LogP contribution < -0.4 is 11.0 Å². The molecule has 0 aliphatic rings. The molecule has 2 aromatic heterocycles. The zero-order valence-corrected chi connectivity index (χ0v) is 18.5. The molecule has 1 amide bonds. The fourth-order valence-corrected chi connectivity index (χ4v) is 4.00. The van der Waals surface area contributed by atoms with Gasteiger partial charge in [0.15, 0.2) is 5.16 Å². The zero-order valence-electron chi connectivity index (χ0n) is 17.6. The predicted octanol–water partition coefficient (Wildman–Crippen LogP) is 3.72. The summed E-state index contributed by atoms with van der Waals surface area (Å²) in [7, 11) is 0. The van der Waals surface area contributed by atoms with Gasteiger partial charge in [-0.15, -0.1) is 0 Å². The quantitative estimate of drug-likeness (QED) is 0.212. The van der Waals surface area contributed by atoms with Crippen LogP contribution >= 0.6 is 11.8 Å². The molecular weight excluding hydrogens is 422 g/mol. The average molecular weight is 444 g/mol. The minimum Gasteiger partial charge on any atom is -0.272 e. The molecule has 0 atom stereocenters. The summed E-state index contributed by atoms with van der Waals surface area (Å²) in [6.07, 6.45) is 3.34. The third-order valence-corrected chi connectivity index (χ3v) is 5.82. The van der Waals surface area contributed by atoms with Crippen LogP contribution in [-0.2, 0) is 4.79 Å². The van der Waals surface area contributed by atoms with E-state index < -0.39 is 0 Å². The Kier molecular flexibility index (Phi) is 6.42. The van der Waals surface area contributed by atoms with Gasteiger partial charge in [-0.05, 0) is 49.7 Å². The summed E-state index contributed by atoms with van der Waals surface area (Å²) in [6, 6.07) is 18.5. The molecule has 0 saturated heterocycles. The Labute approximate surface area is 189 Å². The molecule has 0 fully saturated rings. The fourth-order valence-electron chi connectivity index (χ4n) is 3.20. The number of thioether (sulfide) groups is 1. The van der Waals surface area contributed by atoms with Gasteiger partial charge in [0.1, 0.15) is 0 Å². The van der Waals surface area contributed by atoms with Crippen molar-refractivity contribution in [2.24, 2.45) is 5.10 Å². The minimum absolute atomic E-state index is 0.0593. The summed E-state index contributed by atoms with van der Waals surface area (Å²) in [6.45, 7) is 3.75. The van der Waals surface area contributed by atoms with E-state index >= 15 is 0 Å². The van der Waals surface area contributed by atoms with E-state index in [1.54, 1.807) is 29.1 Å². The first-order valence-electron chi connectivity index (χ1n) is 9.98. The largest absolute Gasteiger partial charge is 0.272 e. The number of aromatic nitrogens is 3. The summed E-state index contributed by atoms with van der Waals surface area (Å²) in [4.78, 5) is 34.4. The first-order valence-corrected chi connectivity index (χ1v) is 11.0. The van der Waals surface area contributed by atoms with Crippen LogP contribution in [0.2, 0.25) is 0 Å². The van der Waals surface area contributed by atoms with Gasteiger partial charge in [0.05, 0.1) is 28.1 Å². The lowest BCUT2D eigenvalue weighted by atomic mass is 10.2. The molecule has 0 aliphatic carbocycles. The smallest absolute Gasteiger partial charge is 0.266 e. The zero-order chi connectivity index (χ0) is 22.5. The number of rotatable bonds is 6. The summed E-state index contributed by atoms with van der Waals surface area (Å²) < 4.78 is 1.57. The number of carbonyl (C=O) groups is 1. The molecule has 7 nitrogen and oxygen atoms in total. The number of hydrogen-bond acceptors (Lipinski definition) is 6. The number of nitrogens with one attached hydrogen (secondary N) is 1. The Bertz CT molecular complexity index is 1370. The number of hydrazone groups is 1. The van der Waals surface area contributed by atoms with Crippen LogP contribution in [0.15, 0.2) is 88.1 Å². The summed E-state index contributed by atoms with van der Waals surface area (Å²) in [5, 5.41) is 5.14. The topological polar surface area (TPSA) is 89.2 Å². The maximum absolute atomic E-state index is 13.3. The Hall–Kier alpha value is -3.78. The first-order chi connectivity index (χ1) is 15.5. The third-order valence-electron chi connectivity index (χ3n) is 4.88. The van der Waals surface area contributed by atoms with Gasteiger partial charge in [0.2, 0.25) is 0 Å². The standard InChI is InChI=1S/C24H21N5O2S/c1-16-7-3-6-10-21(16)29-23(31)19-8-4-5-9-20(19)26-24(29)32-15-22(30)28-27-17(2)18-11-13-25-14-12-18/h3-14H,15H2,1-2H3,(H,28,30). The van der Waals surface area contributed by atoms with Gasteiger partial charge in [0.25, 0.3) is 11.5 Å². The van der Waals surface area contributed by atoms with E-state index in [4.69, 9.17) is 0 Å². The van der Waals surface area contributed by atoms with Crippen molar-refractivity contribution >= 4 is 34.3 Å². The second-order valence-corrected chi connectivity index (χ2v) is 8.04. The van der Waals surface area contributed by atoms with Crippen LogP contribution in [0, 0.1) is 6.92 Å². The van der Waals surface area contributed by atoms with Crippen molar-refractivity contribution in [1.82, 2.24) is 20.0 Å². The van der Waals surface area contributed by atoms with Crippen molar-refractivity contribution in [3.05, 3.63) is 94.5 Å². The highest BCUT2D eigenvalue weighted by Crippen LogP contribution is 2.23. The highest BCUT2D eigenvalue weighted by Gasteiger charge is 2.15. The summed E-state index contributed by atoms with van der Waals surface area (Å²) >= 11 is 1.20. The number of carbonyl (C=O) groups excluding carboxylic acids is 1. The number of para-hydroxylation sites is 2. The average Bonchev–Trinajstić information content (AvgIpc) is 2.82. The van der Waals surface area contributed by atoms with Gasteiger partial charge in [-0.3, -0.25) is 19.1 Å². The van der Waals surface area contributed by atoms with E-state index in [-0.39, 0.29) is 17.2 Å². The van der Waals surface area contributed by atoms with Gasteiger partial charge >= 0.3 is 0 Å². The van der Waals surface area contributed by atoms with Crippen molar-refractivity contribution in [1.29, 1.82) is 0 Å². The Morgan fingerprint density at radius 2 is 1.78 bits per heavy atom. The van der Waals surface area contributed by atoms with Crippen LogP contribution in [0.1, 0.15) is 18.1 Å². The maximum atomic E-state index is 13.3. The lowest BCUT2D eigenvalue weighted by Gasteiger charge is -2.14. The number of nitrogens with zero attached hydrogens (tertiary/aromatic N) is 4. The highest BCUT2D eigenvalue weighted by atomic mass is 32.2. The summed E-state index contributed by atoms with van der Waals surface area (Å²) in [5.74, 6) is -0.230. The van der Waals surface area contributed by atoms with E-state index in [9.17, 15) is 9.59 Å². The molecular formula is C24H21N5O2S. The molecule has 160 valence electrons. The molecule has 0 radical (unpaired) electrons. The number of benzene rings is 2. The second kappa shape index (κ2) is 9.57. The van der Waals surface area contributed by atoms with Crippen LogP contribution in [0.25, 0.3) is 16.6 Å². The monoisotopic (exact) mass is 443 g/mol. The van der Waals surface area contributed by atoms with Crippen molar-refractivity contribution in [3.63, 3.8) is 0 Å². The third kappa shape index (κ3) is 4.60. The number of fused-ring (bicyclic) bond motifs is 1. The van der Waals surface area contributed by atoms with E-state index in [2.05, 4.69) is 20.5 Å². The Morgan fingerprint density at radius 3 is 2.56 bits per heavy atom. The molecule has 4 rings (SSSR count). The first kappa shape index (κ1) is 21.5. The van der Waals surface area contributed by atoms with Gasteiger partial charge in [0, 0.05) is 18.0 Å².